The Morgan fingerprint density at radius 1 is 1.26 bits per heavy atom. The monoisotopic (exact) mass is 283 g/mol. The summed E-state index contributed by atoms with van der Waals surface area (Å²) in [6.07, 6.45) is 0.732. The summed E-state index contributed by atoms with van der Waals surface area (Å²) in [5.74, 6) is 0.116. The van der Waals surface area contributed by atoms with Crippen LogP contribution in [-0.4, -0.2) is 42.8 Å². The lowest BCUT2D eigenvalue weighted by Gasteiger charge is -2.29. The van der Waals surface area contributed by atoms with Gasteiger partial charge in [-0.1, -0.05) is 37.3 Å². The van der Waals surface area contributed by atoms with Crippen molar-refractivity contribution in [3.05, 3.63) is 35.9 Å². The van der Waals surface area contributed by atoms with Crippen molar-refractivity contribution < 1.29 is 13.5 Å². The van der Waals surface area contributed by atoms with Crippen molar-refractivity contribution in [2.75, 3.05) is 18.8 Å². The third kappa shape index (κ3) is 3.78. The van der Waals surface area contributed by atoms with Gasteiger partial charge in [-0.05, 0) is 24.3 Å². The lowest BCUT2D eigenvalue weighted by atomic mass is 10.0. The van der Waals surface area contributed by atoms with Crippen LogP contribution >= 0.6 is 0 Å². The molecule has 2 rings (SSSR count). The molecule has 0 amide bonds. The molecule has 1 unspecified atom stereocenters. The Bertz CT molecular complexity index is 493. The zero-order chi connectivity index (χ0) is 13.9. The molecule has 5 heteroatoms. The van der Waals surface area contributed by atoms with E-state index >= 15 is 0 Å². The first kappa shape index (κ1) is 14.5. The lowest BCUT2D eigenvalue weighted by Crippen LogP contribution is -2.41. The van der Waals surface area contributed by atoms with E-state index in [-0.39, 0.29) is 17.8 Å². The zero-order valence-electron chi connectivity index (χ0n) is 11.2. The van der Waals surface area contributed by atoms with E-state index in [1.54, 1.807) is 0 Å². The fourth-order valence-electron chi connectivity index (χ4n) is 2.42. The maximum absolute atomic E-state index is 12.3. The van der Waals surface area contributed by atoms with E-state index in [0.717, 1.165) is 5.56 Å². The van der Waals surface area contributed by atoms with Crippen LogP contribution in [0.25, 0.3) is 0 Å². The first-order chi connectivity index (χ1) is 8.99. The Kier molecular flexibility index (Phi) is 4.60. The van der Waals surface area contributed by atoms with Gasteiger partial charge in [-0.25, -0.2) is 12.7 Å². The molecule has 0 saturated carbocycles. The summed E-state index contributed by atoms with van der Waals surface area (Å²) in [6, 6.07) is 9.70. The van der Waals surface area contributed by atoms with E-state index in [9.17, 15) is 13.5 Å². The maximum Gasteiger partial charge on any atom is 0.214 e. The van der Waals surface area contributed by atoms with Crippen molar-refractivity contribution in [1.29, 1.82) is 0 Å². The third-order valence-corrected chi connectivity index (χ3v) is 5.72. The van der Waals surface area contributed by atoms with Crippen LogP contribution in [0.4, 0.5) is 0 Å². The molecule has 1 N–H and O–H groups in total. The fraction of sp³-hybridized carbons (Fsp3) is 0.571. The van der Waals surface area contributed by atoms with Crippen LogP contribution < -0.4 is 0 Å². The molecule has 1 heterocycles. The van der Waals surface area contributed by atoms with Gasteiger partial charge in [-0.3, -0.25) is 0 Å². The summed E-state index contributed by atoms with van der Waals surface area (Å²) in [6.45, 7) is 2.81. The average molecular weight is 283 g/mol. The second-order valence-corrected chi connectivity index (χ2v) is 7.23. The van der Waals surface area contributed by atoms with Crippen molar-refractivity contribution in [1.82, 2.24) is 4.31 Å². The molecule has 1 aliphatic rings. The highest BCUT2D eigenvalue weighted by Crippen LogP contribution is 2.21. The number of aliphatic hydroxyl groups is 1. The van der Waals surface area contributed by atoms with Crippen molar-refractivity contribution in [2.24, 2.45) is 0 Å². The molecule has 1 atom stereocenters. The van der Waals surface area contributed by atoms with Crippen LogP contribution in [0.5, 0.6) is 0 Å². The molecule has 1 aliphatic heterocycles. The summed E-state index contributed by atoms with van der Waals surface area (Å²) in [5.41, 5.74) is 1.04. The van der Waals surface area contributed by atoms with Gasteiger partial charge in [0.15, 0.2) is 0 Å². The molecular formula is C14H21NO3S. The Labute approximate surface area is 115 Å². The standard InChI is InChI=1S/C14H21NO3S/c1-12(13-5-3-2-4-6-13)11-19(17,18)15-9-7-14(16)8-10-15/h2-6,12,14,16H,7-11H2,1H3. The predicted molar refractivity (Wildman–Crippen MR) is 75.5 cm³/mol. The second kappa shape index (κ2) is 6.03. The molecule has 1 aromatic carbocycles. The van der Waals surface area contributed by atoms with E-state index in [2.05, 4.69) is 0 Å². The smallest absolute Gasteiger partial charge is 0.214 e. The normalized spacial score (nSPS) is 20.3. The van der Waals surface area contributed by atoms with Gasteiger partial charge < -0.3 is 5.11 Å². The number of rotatable bonds is 4. The van der Waals surface area contributed by atoms with E-state index in [1.807, 2.05) is 37.3 Å². The minimum absolute atomic E-state index is 0.0157. The minimum Gasteiger partial charge on any atom is -0.393 e. The highest BCUT2D eigenvalue weighted by Gasteiger charge is 2.28. The van der Waals surface area contributed by atoms with Gasteiger partial charge in [0.25, 0.3) is 0 Å². The SMILES string of the molecule is CC(CS(=O)(=O)N1CCC(O)CC1)c1ccccc1. The molecule has 0 aliphatic carbocycles. The highest BCUT2D eigenvalue weighted by atomic mass is 32.2. The van der Waals surface area contributed by atoms with Gasteiger partial charge in [0.1, 0.15) is 0 Å². The number of nitrogens with zero attached hydrogens (tertiary/aromatic N) is 1. The summed E-state index contributed by atoms with van der Waals surface area (Å²) in [4.78, 5) is 0. The van der Waals surface area contributed by atoms with Crippen LogP contribution in [0, 0.1) is 0 Å². The second-order valence-electron chi connectivity index (χ2n) is 5.22. The molecule has 1 fully saturated rings. The first-order valence-electron chi connectivity index (χ1n) is 6.70. The van der Waals surface area contributed by atoms with Crippen molar-refractivity contribution in [2.45, 2.75) is 31.8 Å². The largest absolute Gasteiger partial charge is 0.393 e. The Hall–Kier alpha value is -0.910. The Balaban J connectivity index is 2.01. The number of piperidine rings is 1. The average Bonchev–Trinajstić information content (AvgIpc) is 2.40. The number of hydrogen-bond acceptors (Lipinski definition) is 3. The molecule has 19 heavy (non-hydrogen) atoms. The van der Waals surface area contributed by atoms with Crippen molar-refractivity contribution in [3.8, 4) is 0 Å². The van der Waals surface area contributed by atoms with E-state index in [4.69, 9.17) is 0 Å². The van der Waals surface area contributed by atoms with Crippen LogP contribution in [0.15, 0.2) is 30.3 Å². The highest BCUT2D eigenvalue weighted by molar-refractivity contribution is 7.89. The zero-order valence-corrected chi connectivity index (χ0v) is 12.0. The molecule has 0 bridgehead atoms. The molecule has 4 nitrogen and oxygen atoms in total. The van der Waals surface area contributed by atoms with Crippen LogP contribution in [-0.2, 0) is 10.0 Å². The molecular weight excluding hydrogens is 262 g/mol. The molecule has 0 spiro atoms. The number of aliphatic hydroxyl groups excluding tert-OH is 1. The van der Waals surface area contributed by atoms with Gasteiger partial charge >= 0.3 is 0 Å². The van der Waals surface area contributed by atoms with Crippen molar-refractivity contribution in [3.63, 3.8) is 0 Å². The molecule has 1 saturated heterocycles. The number of hydrogen-bond donors (Lipinski definition) is 1. The summed E-state index contributed by atoms with van der Waals surface area (Å²) >= 11 is 0. The van der Waals surface area contributed by atoms with E-state index in [0.29, 0.717) is 25.9 Å². The topological polar surface area (TPSA) is 57.6 Å². The van der Waals surface area contributed by atoms with Crippen LogP contribution in [0.3, 0.4) is 0 Å². The van der Waals surface area contributed by atoms with E-state index in [1.165, 1.54) is 4.31 Å². The summed E-state index contributed by atoms with van der Waals surface area (Å²) in [7, 11) is -3.23. The van der Waals surface area contributed by atoms with Crippen LogP contribution in [0.1, 0.15) is 31.2 Å². The van der Waals surface area contributed by atoms with Gasteiger partial charge in [-0.2, -0.15) is 0 Å². The van der Waals surface area contributed by atoms with Gasteiger partial charge in [0.2, 0.25) is 10.0 Å². The Morgan fingerprint density at radius 2 is 1.84 bits per heavy atom. The lowest BCUT2D eigenvalue weighted by molar-refractivity contribution is 0.113. The third-order valence-electron chi connectivity index (χ3n) is 3.65. The quantitative estimate of drug-likeness (QED) is 0.912. The van der Waals surface area contributed by atoms with Crippen LogP contribution in [0.2, 0.25) is 0 Å². The van der Waals surface area contributed by atoms with Crippen molar-refractivity contribution >= 4 is 10.0 Å². The molecule has 0 aromatic heterocycles. The Morgan fingerprint density at radius 3 is 2.42 bits per heavy atom. The van der Waals surface area contributed by atoms with Gasteiger partial charge in [0, 0.05) is 13.1 Å². The minimum atomic E-state index is -3.23. The molecule has 106 valence electrons. The molecule has 0 radical (unpaired) electrons. The van der Waals surface area contributed by atoms with E-state index < -0.39 is 10.0 Å². The summed E-state index contributed by atoms with van der Waals surface area (Å²) in [5, 5.41) is 9.43. The fourth-order valence-corrected chi connectivity index (χ4v) is 4.22. The molecule has 1 aromatic rings. The predicted octanol–water partition coefficient (Wildman–Crippen LogP) is 1.58. The number of benzene rings is 1. The first-order valence-corrected chi connectivity index (χ1v) is 8.31. The van der Waals surface area contributed by atoms with Gasteiger partial charge in [-0.15, -0.1) is 0 Å². The van der Waals surface area contributed by atoms with Gasteiger partial charge in [0.05, 0.1) is 11.9 Å². The summed E-state index contributed by atoms with van der Waals surface area (Å²) < 4.78 is 26.2. The maximum atomic E-state index is 12.3. The number of sulfonamides is 1.